The second kappa shape index (κ2) is 11.5. The molecule has 0 amide bonds. The molecule has 2 heterocycles. The summed E-state index contributed by atoms with van der Waals surface area (Å²) in [5.74, 6) is 0. The van der Waals surface area contributed by atoms with Crippen molar-refractivity contribution in [2.24, 2.45) is 0 Å². The van der Waals surface area contributed by atoms with Gasteiger partial charge in [0.05, 0.1) is 22.1 Å². The summed E-state index contributed by atoms with van der Waals surface area (Å²) in [6.45, 7) is 0. The third-order valence-corrected chi connectivity index (χ3v) is 10.1. The third-order valence-electron chi connectivity index (χ3n) is 10.1. The molecule has 2 heteroatoms. The first-order valence-electron chi connectivity index (χ1n) is 17.2. The quantitative estimate of drug-likeness (QED) is 0.178. The Morgan fingerprint density at radius 2 is 0.780 bits per heavy atom. The second-order valence-electron chi connectivity index (χ2n) is 13.0. The maximum absolute atomic E-state index is 2.49. The van der Waals surface area contributed by atoms with Gasteiger partial charge in [-0.3, -0.25) is 0 Å². The van der Waals surface area contributed by atoms with E-state index >= 15 is 0 Å². The molecule has 234 valence electrons. The van der Waals surface area contributed by atoms with Crippen molar-refractivity contribution in [2.45, 2.75) is 0 Å². The molecule has 0 bridgehead atoms. The Morgan fingerprint density at radius 3 is 1.48 bits per heavy atom. The Bertz CT molecular complexity index is 2820. The molecule has 2 aromatic heterocycles. The number of hydrogen-bond acceptors (Lipinski definition) is 0. The van der Waals surface area contributed by atoms with Crippen LogP contribution in [0.1, 0.15) is 0 Å². The van der Waals surface area contributed by atoms with Crippen LogP contribution in [0.2, 0.25) is 0 Å². The lowest BCUT2D eigenvalue weighted by Crippen LogP contribution is -1.96. The van der Waals surface area contributed by atoms with E-state index in [1.54, 1.807) is 0 Å². The zero-order valence-corrected chi connectivity index (χ0v) is 27.4. The Labute approximate surface area is 290 Å². The summed E-state index contributed by atoms with van der Waals surface area (Å²) >= 11 is 0. The standard InChI is InChI=1S/C48H32N2/c1-4-13-33(14-5-1)36-23-26-39(27-24-36)49-44-22-11-10-21-42(44)47-46(49)30-28-41-43-32-38(35-17-8-3-9-18-35)25-29-45(43)50(48(41)47)40-20-12-19-37(31-40)34-15-6-2-7-16-34/h1-32H. The van der Waals surface area contributed by atoms with Crippen LogP contribution < -0.4 is 0 Å². The van der Waals surface area contributed by atoms with Crippen molar-refractivity contribution < 1.29 is 0 Å². The smallest absolute Gasteiger partial charge is 0.0641 e. The van der Waals surface area contributed by atoms with Crippen LogP contribution >= 0.6 is 0 Å². The van der Waals surface area contributed by atoms with Crippen LogP contribution in [0.3, 0.4) is 0 Å². The number of fused-ring (bicyclic) bond motifs is 7. The largest absolute Gasteiger partial charge is 0.309 e. The summed E-state index contributed by atoms with van der Waals surface area (Å²) in [5.41, 5.74) is 14.4. The Hall–Kier alpha value is -6.64. The van der Waals surface area contributed by atoms with Gasteiger partial charge < -0.3 is 9.13 Å². The Morgan fingerprint density at radius 1 is 0.260 bits per heavy atom. The minimum Gasteiger partial charge on any atom is -0.309 e. The van der Waals surface area contributed by atoms with Gasteiger partial charge in [0.25, 0.3) is 0 Å². The van der Waals surface area contributed by atoms with Gasteiger partial charge in [-0.2, -0.15) is 0 Å². The van der Waals surface area contributed by atoms with Gasteiger partial charge in [0.15, 0.2) is 0 Å². The van der Waals surface area contributed by atoms with Crippen LogP contribution in [0.5, 0.6) is 0 Å². The van der Waals surface area contributed by atoms with Gasteiger partial charge >= 0.3 is 0 Å². The van der Waals surface area contributed by atoms with Gasteiger partial charge in [0, 0.05) is 32.9 Å². The predicted octanol–water partition coefficient (Wildman–Crippen LogP) is 12.9. The molecule has 0 saturated carbocycles. The summed E-state index contributed by atoms with van der Waals surface area (Å²) in [7, 11) is 0. The van der Waals surface area contributed by atoms with E-state index in [-0.39, 0.29) is 0 Å². The highest BCUT2D eigenvalue weighted by Gasteiger charge is 2.21. The van der Waals surface area contributed by atoms with E-state index in [0.717, 1.165) is 11.4 Å². The lowest BCUT2D eigenvalue weighted by atomic mass is 10.0. The molecular weight excluding hydrogens is 605 g/mol. The number of hydrogen-bond donors (Lipinski definition) is 0. The van der Waals surface area contributed by atoms with Gasteiger partial charge in [-0.25, -0.2) is 0 Å². The Kier molecular flexibility index (Phi) is 6.53. The predicted molar refractivity (Wildman–Crippen MR) is 211 cm³/mol. The molecule has 0 unspecified atom stereocenters. The van der Waals surface area contributed by atoms with Crippen LogP contribution in [0.4, 0.5) is 0 Å². The van der Waals surface area contributed by atoms with Gasteiger partial charge in [0.1, 0.15) is 0 Å². The van der Waals surface area contributed by atoms with Crippen molar-refractivity contribution in [1.82, 2.24) is 9.13 Å². The molecule has 0 aliphatic heterocycles. The first-order valence-corrected chi connectivity index (χ1v) is 17.2. The van der Waals surface area contributed by atoms with Crippen molar-refractivity contribution in [3.8, 4) is 44.8 Å². The van der Waals surface area contributed by atoms with Crippen molar-refractivity contribution >= 4 is 43.6 Å². The fraction of sp³-hybridized carbons (Fsp3) is 0. The molecule has 8 aromatic carbocycles. The van der Waals surface area contributed by atoms with E-state index < -0.39 is 0 Å². The molecule has 0 spiro atoms. The van der Waals surface area contributed by atoms with Crippen LogP contribution in [-0.2, 0) is 0 Å². The lowest BCUT2D eigenvalue weighted by molar-refractivity contribution is 1.17. The average Bonchev–Trinajstić information content (AvgIpc) is 3.71. The minimum atomic E-state index is 1.15. The van der Waals surface area contributed by atoms with E-state index in [1.165, 1.54) is 77.0 Å². The van der Waals surface area contributed by atoms with Crippen molar-refractivity contribution in [3.63, 3.8) is 0 Å². The zero-order valence-electron chi connectivity index (χ0n) is 27.4. The first kappa shape index (κ1) is 28.4. The highest BCUT2D eigenvalue weighted by Crippen LogP contribution is 2.43. The highest BCUT2D eigenvalue weighted by atomic mass is 15.0. The second-order valence-corrected chi connectivity index (χ2v) is 13.0. The van der Waals surface area contributed by atoms with Crippen LogP contribution in [0.15, 0.2) is 194 Å². The summed E-state index contributed by atoms with van der Waals surface area (Å²) in [6.07, 6.45) is 0. The average molecular weight is 637 g/mol. The normalized spacial score (nSPS) is 11.6. The monoisotopic (exact) mass is 636 g/mol. The first-order chi connectivity index (χ1) is 24.8. The SMILES string of the molecule is c1ccc(-c2ccc(-n3c4ccccc4c4c3ccc3c5cc(-c6ccccc6)ccc5n(-c5cccc(-c6ccccc6)c5)c34)cc2)cc1. The van der Waals surface area contributed by atoms with E-state index in [9.17, 15) is 0 Å². The summed E-state index contributed by atoms with van der Waals surface area (Å²) in [4.78, 5) is 0. The maximum Gasteiger partial charge on any atom is 0.0641 e. The van der Waals surface area contributed by atoms with Crippen LogP contribution in [0, 0.1) is 0 Å². The van der Waals surface area contributed by atoms with Crippen LogP contribution in [-0.4, -0.2) is 9.13 Å². The highest BCUT2D eigenvalue weighted by molar-refractivity contribution is 6.26. The molecule has 0 radical (unpaired) electrons. The Balaban J connectivity index is 1.29. The van der Waals surface area contributed by atoms with E-state index in [2.05, 4.69) is 203 Å². The van der Waals surface area contributed by atoms with E-state index in [1.807, 2.05) is 0 Å². The number of nitrogens with zero attached hydrogens (tertiary/aromatic N) is 2. The van der Waals surface area contributed by atoms with Gasteiger partial charge in [-0.1, -0.05) is 146 Å². The summed E-state index contributed by atoms with van der Waals surface area (Å²) in [6, 6.07) is 70.4. The van der Waals surface area contributed by atoms with E-state index in [0.29, 0.717) is 0 Å². The van der Waals surface area contributed by atoms with Crippen LogP contribution in [0.25, 0.3) is 88.4 Å². The van der Waals surface area contributed by atoms with Crippen molar-refractivity contribution in [1.29, 1.82) is 0 Å². The topological polar surface area (TPSA) is 9.86 Å². The molecule has 10 rings (SSSR count). The molecule has 0 aliphatic carbocycles. The zero-order chi connectivity index (χ0) is 33.0. The van der Waals surface area contributed by atoms with Gasteiger partial charge in [-0.05, 0) is 81.9 Å². The molecule has 0 aliphatic rings. The summed E-state index contributed by atoms with van der Waals surface area (Å²) in [5, 5.41) is 5.00. The third kappa shape index (κ3) is 4.50. The van der Waals surface area contributed by atoms with Crippen molar-refractivity contribution in [2.75, 3.05) is 0 Å². The molecule has 50 heavy (non-hydrogen) atoms. The molecular formula is C48H32N2. The molecule has 0 fully saturated rings. The fourth-order valence-electron chi connectivity index (χ4n) is 7.80. The number of para-hydroxylation sites is 1. The summed E-state index contributed by atoms with van der Waals surface area (Å²) < 4.78 is 4.92. The molecule has 0 atom stereocenters. The molecule has 0 saturated heterocycles. The maximum atomic E-state index is 2.49. The fourth-order valence-corrected chi connectivity index (χ4v) is 7.80. The van der Waals surface area contributed by atoms with Gasteiger partial charge in [0.2, 0.25) is 0 Å². The molecule has 2 nitrogen and oxygen atoms in total. The number of aromatic nitrogens is 2. The minimum absolute atomic E-state index is 1.15. The lowest BCUT2D eigenvalue weighted by Gasteiger charge is -2.12. The van der Waals surface area contributed by atoms with E-state index in [4.69, 9.17) is 0 Å². The number of rotatable bonds is 5. The molecule has 0 N–H and O–H groups in total. The number of benzene rings is 8. The molecule has 10 aromatic rings. The van der Waals surface area contributed by atoms with Crippen molar-refractivity contribution in [3.05, 3.63) is 194 Å². The van der Waals surface area contributed by atoms with Gasteiger partial charge in [-0.15, -0.1) is 0 Å².